The monoisotopic (exact) mass is 305 g/mol. The lowest BCUT2D eigenvalue weighted by Crippen LogP contribution is -2.28. The number of nitrogens with one attached hydrogen (secondary N) is 1. The average Bonchev–Trinajstić information content (AvgIpc) is 2.42. The van der Waals surface area contributed by atoms with Gasteiger partial charge in [0.2, 0.25) is 0 Å². The van der Waals surface area contributed by atoms with Crippen LogP contribution in [0.5, 0.6) is 0 Å². The second kappa shape index (κ2) is 8.45. The van der Waals surface area contributed by atoms with Crippen LogP contribution in [0.2, 0.25) is 5.02 Å². The highest BCUT2D eigenvalue weighted by molar-refractivity contribution is 7.98. The van der Waals surface area contributed by atoms with E-state index in [2.05, 4.69) is 17.3 Å². The molecule has 5 nitrogen and oxygen atoms in total. The standard InChI is InChI=1S/C12H20ClN3O2S/c1-4-9(8-19-3)15-10-7-14-16(5-6-18-2)12(17)11(10)13/h7,9,15H,4-6,8H2,1-3H3. The number of halogens is 1. The second-order valence-corrected chi connectivity index (χ2v) is 5.39. The third-order valence-corrected chi connectivity index (χ3v) is 3.81. The first kappa shape index (κ1) is 16.3. The lowest BCUT2D eigenvalue weighted by atomic mass is 10.2. The third kappa shape index (κ3) is 4.71. The van der Waals surface area contributed by atoms with E-state index in [1.54, 1.807) is 25.1 Å². The van der Waals surface area contributed by atoms with Crippen molar-refractivity contribution in [3.05, 3.63) is 21.6 Å². The Morgan fingerprint density at radius 1 is 1.63 bits per heavy atom. The van der Waals surface area contributed by atoms with Gasteiger partial charge in [-0.3, -0.25) is 4.79 Å². The molecule has 1 N–H and O–H groups in total. The number of aromatic nitrogens is 2. The van der Waals surface area contributed by atoms with Gasteiger partial charge in [-0.05, 0) is 12.7 Å². The molecule has 0 radical (unpaired) electrons. The van der Waals surface area contributed by atoms with Crippen LogP contribution in [0.3, 0.4) is 0 Å². The van der Waals surface area contributed by atoms with Crippen LogP contribution in [0.15, 0.2) is 11.0 Å². The van der Waals surface area contributed by atoms with Gasteiger partial charge in [0.15, 0.2) is 0 Å². The Hall–Kier alpha value is -0.720. The molecule has 0 amide bonds. The summed E-state index contributed by atoms with van der Waals surface area (Å²) in [6, 6.07) is 0.281. The maximum absolute atomic E-state index is 12.0. The topological polar surface area (TPSA) is 56.1 Å². The van der Waals surface area contributed by atoms with Crippen molar-refractivity contribution in [1.29, 1.82) is 0 Å². The number of methoxy groups -OCH3 is 1. The van der Waals surface area contributed by atoms with Crippen molar-refractivity contribution in [3.8, 4) is 0 Å². The van der Waals surface area contributed by atoms with Crippen LogP contribution in [0.25, 0.3) is 0 Å². The van der Waals surface area contributed by atoms with Gasteiger partial charge in [-0.15, -0.1) is 0 Å². The maximum Gasteiger partial charge on any atom is 0.287 e. The molecule has 0 saturated carbocycles. The van der Waals surface area contributed by atoms with E-state index in [0.717, 1.165) is 12.2 Å². The Labute approximate surface area is 122 Å². The number of nitrogens with zero attached hydrogens (tertiary/aromatic N) is 2. The smallest absolute Gasteiger partial charge is 0.287 e. The van der Waals surface area contributed by atoms with E-state index in [4.69, 9.17) is 16.3 Å². The zero-order chi connectivity index (χ0) is 14.3. The summed E-state index contributed by atoms with van der Waals surface area (Å²) in [5.41, 5.74) is 0.309. The first-order valence-corrected chi connectivity index (χ1v) is 7.91. The van der Waals surface area contributed by atoms with Crippen LogP contribution in [0.4, 0.5) is 5.69 Å². The summed E-state index contributed by atoms with van der Waals surface area (Å²) < 4.78 is 6.24. The molecule has 19 heavy (non-hydrogen) atoms. The first-order valence-electron chi connectivity index (χ1n) is 6.14. The number of ether oxygens (including phenoxy) is 1. The highest BCUT2D eigenvalue weighted by Gasteiger charge is 2.12. The Bertz CT molecular complexity index is 453. The largest absolute Gasteiger partial charge is 0.383 e. The van der Waals surface area contributed by atoms with Gasteiger partial charge in [0.1, 0.15) is 5.02 Å². The molecule has 0 aliphatic carbocycles. The number of rotatable bonds is 8. The van der Waals surface area contributed by atoms with Gasteiger partial charge in [-0.2, -0.15) is 16.9 Å². The van der Waals surface area contributed by atoms with E-state index in [1.165, 1.54) is 4.68 Å². The Morgan fingerprint density at radius 3 is 2.95 bits per heavy atom. The highest BCUT2D eigenvalue weighted by Crippen LogP contribution is 2.18. The third-order valence-electron chi connectivity index (χ3n) is 2.71. The fraction of sp³-hybridized carbons (Fsp3) is 0.667. The van der Waals surface area contributed by atoms with Gasteiger partial charge < -0.3 is 10.1 Å². The van der Waals surface area contributed by atoms with E-state index in [0.29, 0.717) is 18.8 Å². The summed E-state index contributed by atoms with van der Waals surface area (Å²) in [4.78, 5) is 12.0. The van der Waals surface area contributed by atoms with Crippen LogP contribution in [0, 0.1) is 0 Å². The van der Waals surface area contributed by atoms with Crippen LogP contribution < -0.4 is 10.9 Å². The van der Waals surface area contributed by atoms with Crippen molar-refractivity contribution in [2.75, 3.05) is 31.0 Å². The SMILES string of the molecule is CCC(CSC)Nc1cnn(CCOC)c(=O)c1Cl. The summed E-state index contributed by atoms with van der Waals surface area (Å²) in [5.74, 6) is 0.958. The van der Waals surface area contributed by atoms with Gasteiger partial charge >= 0.3 is 0 Å². The second-order valence-electron chi connectivity index (χ2n) is 4.10. The maximum atomic E-state index is 12.0. The van der Waals surface area contributed by atoms with E-state index >= 15 is 0 Å². The Kier molecular flexibility index (Phi) is 7.27. The number of hydrogen-bond acceptors (Lipinski definition) is 5. The molecule has 7 heteroatoms. The predicted molar refractivity (Wildman–Crippen MR) is 81.5 cm³/mol. The lowest BCUT2D eigenvalue weighted by molar-refractivity contribution is 0.182. The van der Waals surface area contributed by atoms with Crippen LogP contribution in [-0.4, -0.2) is 41.5 Å². The van der Waals surface area contributed by atoms with E-state index in [1.807, 2.05) is 6.26 Å². The van der Waals surface area contributed by atoms with Gasteiger partial charge in [0.25, 0.3) is 5.56 Å². The molecule has 0 fully saturated rings. The quantitative estimate of drug-likeness (QED) is 0.797. The summed E-state index contributed by atoms with van der Waals surface area (Å²) >= 11 is 7.85. The summed E-state index contributed by atoms with van der Waals surface area (Å²) in [6.07, 6.45) is 4.61. The summed E-state index contributed by atoms with van der Waals surface area (Å²) in [5, 5.41) is 7.54. The van der Waals surface area contributed by atoms with Crippen molar-refractivity contribution < 1.29 is 4.74 Å². The molecule has 1 aromatic heterocycles. The number of anilines is 1. The lowest BCUT2D eigenvalue weighted by Gasteiger charge is -2.18. The molecule has 108 valence electrons. The zero-order valence-electron chi connectivity index (χ0n) is 11.5. The Morgan fingerprint density at radius 2 is 2.37 bits per heavy atom. The van der Waals surface area contributed by atoms with Gasteiger partial charge in [0, 0.05) is 18.9 Å². The summed E-state index contributed by atoms with van der Waals surface area (Å²) in [7, 11) is 1.58. The molecule has 0 spiro atoms. The molecular weight excluding hydrogens is 286 g/mol. The average molecular weight is 306 g/mol. The molecule has 0 saturated heterocycles. The molecule has 0 bridgehead atoms. The minimum atomic E-state index is -0.289. The van der Waals surface area contributed by atoms with Crippen LogP contribution in [-0.2, 0) is 11.3 Å². The predicted octanol–water partition coefficient (Wildman–Crippen LogP) is 2.10. The van der Waals surface area contributed by atoms with Gasteiger partial charge in [-0.25, -0.2) is 4.68 Å². The molecular formula is C12H20ClN3O2S. The van der Waals surface area contributed by atoms with Crippen LogP contribution >= 0.6 is 23.4 Å². The van der Waals surface area contributed by atoms with Crippen LogP contribution in [0.1, 0.15) is 13.3 Å². The molecule has 0 aliphatic rings. The first-order chi connectivity index (χ1) is 9.13. The molecule has 0 aromatic carbocycles. The fourth-order valence-corrected chi connectivity index (χ4v) is 2.51. The minimum Gasteiger partial charge on any atom is -0.383 e. The molecule has 1 atom stereocenters. The molecule has 1 unspecified atom stereocenters. The number of hydrogen-bond donors (Lipinski definition) is 1. The Balaban J connectivity index is 2.86. The molecule has 0 aliphatic heterocycles. The molecule has 1 heterocycles. The number of thioether (sulfide) groups is 1. The highest BCUT2D eigenvalue weighted by atomic mass is 35.5. The molecule has 1 rings (SSSR count). The van der Waals surface area contributed by atoms with Gasteiger partial charge in [-0.1, -0.05) is 18.5 Å². The van der Waals surface area contributed by atoms with E-state index in [-0.39, 0.29) is 16.6 Å². The zero-order valence-corrected chi connectivity index (χ0v) is 13.1. The van der Waals surface area contributed by atoms with Crippen molar-refractivity contribution in [3.63, 3.8) is 0 Å². The van der Waals surface area contributed by atoms with Crippen molar-refractivity contribution >= 4 is 29.1 Å². The molecule has 1 aromatic rings. The van der Waals surface area contributed by atoms with Crippen molar-refractivity contribution in [2.45, 2.75) is 25.9 Å². The fourth-order valence-electron chi connectivity index (χ4n) is 1.59. The van der Waals surface area contributed by atoms with Crippen molar-refractivity contribution in [2.24, 2.45) is 0 Å². The van der Waals surface area contributed by atoms with E-state index < -0.39 is 0 Å². The van der Waals surface area contributed by atoms with E-state index in [9.17, 15) is 4.79 Å². The minimum absolute atomic E-state index is 0.186. The normalized spacial score (nSPS) is 12.4. The van der Waals surface area contributed by atoms with Gasteiger partial charge in [0.05, 0.1) is 25.0 Å². The summed E-state index contributed by atoms with van der Waals surface area (Å²) in [6.45, 7) is 2.92. The van der Waals surface area contributed by atoms with Crippen molar-refractivity contribution in [1.82, 2.24) is 9.78 Å².